The first kappa shape index (κ1) is 17.7. The molecule has 1 N–H and O–H groups in total. The van der Waals surface area contributed by atoms with Gasteiger partial charge in [-0.15, -0.1) is 10.2 Å². The Hall–Kier alpha value is -2.16. The van der Waals surface area contributed by atoms with E-state index in [2.05, 4.69) is 20.3 Å². The van der Waals surface area contributed by atoms with Crippen molar-refractivity contribution in [2.45, 2.75) is 43.6 Å². The van der Waals surface area contributed by atoms with Gasteiger partial charge in [0.1, 0.15) is 5.75 Å². The lowest BCUT2D eigenvalue weighted by Gasteiger charge is -2.10. The standard InChI is InChI=1S/C16H17F2N3O3S/c17-15(18)23-12-7-5-10(6-8-12)14-20-21-16(24-14)25-9-13(22)19-11-3-1-2-4-11/h5-8,11,15H,1-4,9H2,(H,19,22). The Kier molecular flexibility index (Phi) is 5.85. The van der Waals surface area contributed by atoms with Gasteiger partial charge in [0.15, 0.2) is 0 Å². The van der Waals surface area contributed by atoms with Crippen LogP contribution >= 0.6 is 11.8 Å². The van der Waals surface area contributed by atoms with Crippen LogP contribution in [0.2, 0.25) is 0 Å². The second kappa shape index (κ2) is 8.28. The number of thioether (sulfide) groups is 1. The molecule has 1 amide bonds. The average molecular weight is 369 g/mol. The first-order valence-corrected chi connectivity index (χ1v) is 8.89. The second-order valence-corrected chi connectivity index (χ2v) is 6.54. The van der Waals surface area contributed by atoms with Crippen molar-refractivity contribution in [3.63, 3.8) is 0 Å². The zero-order chi connectivity index (χ0) is 17.6. The largest absolute Gasteiger partial charge is 0.435 e. The van der Waals surface area contributed by atoms with Gasteiger partial charge in [0, 0.05) is 11.6 Å². The summed E-state index contributed by atoms with van der Waals surface area (Å²) in [5, 5.41) is 11.0. The van der Waals surface area contributed by atoms with Gasteiger partial charge in [-0.2, -0.15) is 8.78 Å². The highest BCUT2D eigenvalue weighted by molar-refractivity contribution is 7.99. The zero-order valence-electron chi connectivity index (χ0n) is 13.3. The summed E-state index contributed by atoms with van der Waals surface area (Å²) in [6.45, 7) is -2.87. The van der Waals surface area contributed by atoms with Crippen LogP contribution in [0.15, 0.2) is 33.9 Å². The third kappa shape index (κ3) is 5.15. The van der Waals surface area contributed by atoms with Crippen molar-refractivity contribution in [3.8, 4) is 17.2 Å². The molecule has 0 atom stereocenters. The van der Waals surface area contributed by atoms with E-state index in [1.165, 1.54) is 12.1 Å². The van der Waals surface area contributed by atoms with Crippen LogP contribution in [0.1, 0.15) is 25.7 Å². The third-order valence-corrected chi connectivity index (χ3v) is 4.60. The van der Waals surface area contributed by atoms with E-state index in [9.17, 15) is 13.6 Å². The number of hydrogen-bond acceptors (Lipinski definition) is 6. The van der Waals surface area contributed by atoms with Crippen molar-refractivity contribution in [2.24, 2.45) is 0 Å². The first-order valence-electron chi connectivity index (χ1n) is 7.91. The molecular formula is C16H17F2N3O3S. The zero-order valence-corrected chi connectivity index (χ0v) is 14.1. The Bertz CT molecular complexity index is 703. The number of benzene rings is 1. The van der Waals surface area contributed by atoms with Crippen molar-refractivity contribution in [3.05, 3.63) is 24.3 Å². The molecule has 1 aliphatic carbocycles. The van der Waals surface area contributed by atoms with Crippen LogP contribution in [-0.2, 0) is 4.79 Å². The minimum atomic E-state index is -2.87. The van der Waals surface area contributed by atoms with Crippen LogP contribution in [0, 0.1) is 0 Å². The van der Waals surface area contributed by atoms with Crippen LogP contribution in [0.3, 0.4) is 0 Å². The van der Waals surface area contributed by atoms with Crippen molar-refractivity contribution in [1.29, 1.82) is 0 Å². The molecule has 1 aliphatic rings. The summed E-state index contributed by atoms with van der Waals surface area (Å²) < 4.78 is 34.0. The van der Waals surface area contributed by atoms with E-state index in [0.29, 0.717) is 5.56 Å². The molecule has 1 heterocycles. The molecule has 9 heteroatoms. The van der Waals surface area contributed by atoms with Gasteiger partial charge < -0.3 is 14.5 Å². The molecule has 1 aromatic heterocycles. The fourth-order valence-electron chi connectivity index (χ4n) is 2.63. The molecule has 1 saturated carbocycles. The second-order valence-electron chi connectivity index (χ2n) is 5.61. The lowest BCUT2D eigenvalue weighted by molar-refractivity contribution is -0.119. The van der Waals surface area contributed by atoms with E-state index in [4.69, 9.17) is 4.42 Å². The Labute approximate surface area is 147 Å². The lowest BCUT2D eigenvalue weighted by Crippen LogP contribution is -2.33. The Morgan fingerprint density at radius 1 is 1.28 bits per heavy atom. The summed E-state index contributed by atoms with van der Waals surface area (Å²) >= 11 is 1.16. The van der Waals surface area contributed by atoms with Gasteiger partial charge in [-0.3, -0.25) is 4.79 Å². The lowest BCUT2D eigenvalue weighted by atomic mass is 10.2. The normalized spacial score (nSPS) is 14.8. The van der Waals surface area contributed by atoms with E-state index >= 15 is 0 Å². The van der Waals surface area contributed by atoms with Crippen molar-refractivity contribution in [2.75, 3.05) is 5.75 Å². The van der Waals surface area contributed by atoms with Crippen LogP contribution in [0.5, 0.6) is 5.75 Å². The van der Waals surface area contributed by atoms with Gasteiger partial charge in [-0.1, -0.05) is 24.6 Å². The van der Waals surface area contributed by atoms with Gasteiger partial charge in [0.2, 0.25) is 11.8 Å². The number of ether oxygens (including phenoxy) is 1. The highest BCUT2D eigenvalue weighted by Crippen LogP contribution is 2.25. The third-order valence-electron chi connectivity index (χ3n) is 3.78. The molecule has 1 fully saturated rings. The summed E-state index contributed by atoms with van der Waals surface area (Å²) in [4.78, 5) is 11.9. The molecule has 0 aliphatic heterocycles. The Morgan fingerprint density at radius 3 is 2.68 bits per heavy atom. The molecular weight excluding hydrogens is 352 g/mol. The molecule has 0 unspecified atom stereocenters. The molecule has 0 bridgehead atoms. The average Bonchev–Trinajstić information content (AvgIpc) is 3.25. The van der Waals surface area contributed by atoms with E-state index in [-0.39, 0.29) is 34.6 Å². The predicted octanol–water partition coefficient (Wildman–Crippen LogP) is 3.49. The highest BCUT2D eigenvalue weighted by atomic mass is 32.2. The van der Waals surface area contributed by atoms with E-state index in [1.807, 2.05) is 0 Å². The number of nitrogens with zero attached hydrogens (tertiary/aromatic N) is 2. The number of aromatic nitrogens is 2. The SMILES string of the molecule is O=C(CSc1nnc(-c2ccc(OC(F)F)cc2)o1)NC1CCCC1. The fourth-order valence-corrected chi connectivity index (χ4v) is 3.20. The molecule has 6 nitrogen and oxygen atoms in total. The molecule has 0 saturated heterocycles. The predicted molar refractivity (Wildman–Crippen MR) is 87.5 cm³/mol. The number of nitrogens with one attached hydrogen (secondary N) is 1. The number of carbonyl (C=O) groups is 1. The van der Waals surface area contributed by atoms with E-state index in [1.54, 1.807) is 12.1 Å². The maximum atomic E-state index is 12.1. The minimum Gasteiger partial charge on any atom is -0.435 e. The fraction of sp³-hybridized carbons (Fsp3) is 0.438. The maximum Gasteiger partial charge on any atom is 0.387 e. The number of amides is 1. The molecule has 134 valence electrons. The first-order chi connectivity index (χ1) is 12.1. The van der Waals surface area contributed by atoms with Crippen molar-refractivity contribution >= 4 is 17.7 Å². The van der Waals surface area contributed by atoms with Crippen molar-refractivity contribution < 1.29 is 22.7 Å². The molecule has 0 radical (unpaired) electrons. The molecule has 1 aromatic carbocycles. The van der Waals surface area contributed by atoms with Gasteiger partial charge >= 0.3 is 6.61 Å². The number of rotatable bonds is 7. The molecule has 25 heavy (non-hydrogen) atoms. The maximum absolute atomic E-state index is 12.1. The quantitative estimate of drug-likeness (QED) is 0.753. The van der Waals surface area contributed by atoms with E-state index < -0.39 is 6.61 Å². The van der Waals surface area contributed by atoms with Gasteiger partial charge in [-0.25, -0.2) is 0 Å². The topological polar surface area (TPSA) is 77.2 Å². The summed E-state index contributed by atoms with van der Waals surface area (Å²) in [7, 11) is 0. The Balaban J connectivity index is 1.52. The number of halogens is 2. The molecule has 3 rings (SSSR count). The van der Waals surface area contributed by atoms with Crippen LogP contribution in [-0.4, -0.2) is 34.5 Å². The van der Waals surface area contributed by atoms with Crippen LogP contribution in [0.25, 0.3) is 11.5 Å². The van der Waals surface area contributed by atoms with Crippen LogP contribution < -0.4 is 10.1 Å². The number of carbonyl (C=O) groups excluding carboxylic acids is 1. The summed E-state index contributed by atoms with van der Waals surface area (Å²) in [6.07, 6.45) is 4.39. The monoisotopic (exact) mass is 369 g/mol. The summed E-state index contributed by atoms with van der Waals surface area (Å²) in [5.41, 5.74) is 0.580. The summed E-state index contributed by atoms with van der Waals surface area (Å²) in [6, 6.07) is 6.17. The minimum absolute atomic E-state index is 0.0508. The number of hydrogen-bond donors (Lipinski definition) is 1. The summed E-state index contributed by atoms with van der Waals surface area (Å²) in [5.74, 6) is 0.461. The van der Waals surface area contributed by atoms with Gasteiger partial charge in [0.05, 0.1) is 5.75 Å². The molecule has 2 aromatic rings. The van der Waals surface area contributed by atoms with Crippen LogP contribution in [0.4, 0.5) is 8.78 Å². The smallest absolute Gasteiger partial charge is 0.387 e. The van der Waals surface area contributed by atoms with Gasteiger partial charge in [-0.05, 0) is 37.1 Å². The van der Waals surface area contributed by atoms with E-state index in [0.717, 1.165) is 37.4 Å². The number of alkyl halides is 2. The highest BCUT2D eigenvalue weighted by Gasteiger charge is 2.18. The van der Waals surface area contributed by atoms with Crippen molar-refractivity contribution in [1.82, 2.24) is 15.5 Å². The molecule has 0 spiro atoms. The van der Waals surface area contributed by atoms with Gasteiger partial charge in [0.25, 0.3) is 5.22 Å². The Morgan fingerprint density at radius 2 is 2.00 bits per heavy atom.